The smallest absolute Gasteiger partial charge is 0.124 e. The van der Waals surface area contributed by atoms with Crippen molar-refractivity contribution in [3.63, 3.8) is 0 Å². The molecule has 1 radical (unpaired) electrons. The summed E-state index contributed by atoms with van der Waals surface area (Å²) in [5, 5.41) is 9.75. The minimum absolute atomic E-state index is 0.284. The number of rotatable bonds is 1. The molecule has 0 aliphatic carbocycles. The van der Waals surface area contributed by atoms with E-state index in [4.69, 9.17) is 0 Å². The predicted octanol–water partition coefficient (Wildman–Crippen LogP) is 3.48. The third-order valence-electron chi connectivity index (χ3n) is 2.74. The van der Waals surface area contributed by atoms with E-state index in [9.17, 15) is 5.11 Å². The molecule has 0 fully saturated rings. The zero-order valence-electron chi connectivity index (χ0n) is 8.91. The zero-order chi connectivity index (χ0) is 10.8. The van der Waals surface area contributed by atoms with Gasteiger partial charge in [0, 0.05) is 5.56 Å². The van der Waals surface area contributed by atoms with Crippen molar-refractivity contribution in [1.29, 1.82) is 0 Å². The molecule has 15 heavy (non-hydrogen) atoms. The van der Waals surface area contributed by atoms with Gasteiger partial charge in [0.05, 0.1) is 0 Å². The Morgan fingerprint density at radius 1 is 1.07 bits per heavy atom. The Labute approximate surface area is 90.0 Å². The number of hydrogen-bond donors (Lipinski definition) is 1. The first-order valence-electron chi connectivity index (χ1n) is 4.96. The highest BCUT2D eigenvalue weighted by molar-refractivity contribution is 5.73. The van der Waals surface area contributed by atoms with E-state index in [1.54, 1.807) is 6.07 Å². The maximum absolute atomic E-state index is 9.75. The average Bonchev–Trinajstić information content (AvgIpc) is 2.23. The van der Waals surface area contributed by atoms with Crippen LogP contribution < -0.4 is 0 Å². The Bertz CT molecular complexity index is 486. The lowest BCUT2D eigenvalue weighted by atomic mass is 9.96. The van der Waals surface area contributed by atoms with Crippen LogP contribution in [0.25, 0.3) is 11.1 Å². The molecule has 0 heterocycles. The highest BCUT2D eigenvalue weighted by Crippen LogP contribution is 2.31. The minimum atomic E-state index is 0.284. The van der Waals surface area contributed by atoms with Gasteiger partial charge in [-0.05, 0) is 42.7 Å². The second kappa shape index (κ2) is 3.77. The number of aromatic hydroxyl groups is 1. The molecular weight excluding hydrogens is 184 g/mol. The van der Waals surface area contributed by atoms with Gasteiger partial charge in [0.15, 0.2) is 0 Å². The molecule has 2 aromatic rings. The normalized spacial score (nSPS) is 10.3. The number of phenolic OH excluding ortho intramolecular Hbond substituents is 1. The van der Waals surface area contributed by atoms with Crippen LogP contribution in [-0.4, -0.2) is 5.11 Å². The molecule has 0 bridgehead atoms. The van der Waals surface area contributed by atoms with Gasteiger partial charge in [-0.2, -0.15) is 0 Å². The molecule has 1 nitrogen and oxygen atoms in total. The average molecular weight is 197 g/mol. The third kappa shape index (κ3) is 1.73. The second-order valence-corrected chi connectivity index (χ2v) is 3.69. The van der Waals surface area contributed by atoms with E-state index in [0.717, 1.165) is 11.1 Å². The van der Waals surface area contributed by atoms with Crippen LogP contribution in [0.3, 0.4) is 0 Å². The summed E-state index contributed by atoms with van der Waals surface area (Å²) in [6.45, 7) is 4.14. The van der Waals surface area contributed by atoms with Crippen molar-refractivity contribution in [2.45, 2.75) is 13.8 Å². The van der Waals surface area contributed by atoms with Crippen LogP contribution in [0.5, 0.6) is 5.75 Å². The Morgan fingerprint density at radius 2 is 1.87 bits per heavy atom. The highest BCUT2D eigenvalue weighted by Gasteiger charge is 2.06. The maximum atomic E-state index is 9.75. The monoisotopic (exact) mass is 197 g/mol. The molecule has 1 N–H and O–H groups in total. The maximum Gasteiger partial charge on any atom is 0.124 e. The molecule has 2 rings (SSSR count). The summed E-state index contributed by atoms with van der Waals surface area (Å²) >= 11 is 0. The number of hydrogen-bond acceptors (Lipinski definition) is 1. The summed E-state index contributed by atoms with van der Waals surface area (Å²) in [5.41, 5.74) is 4.40. The van der Waals surface area contributed by atoms with Crippen molar-refractivity contribution in [1.82, 2.24) is 0 Å². The fourth-order valence-electron chi connectivity index (χ4n) is 1.69. The van der Waals surface area contributed by atoms with Crippen LogP contribution in [0.2, 0.25) is 0 Å². The molecule has 2 aromatic carbocycles. The first-order valence-corrected chi connectivity index (χ1v) is 4.96. The van der Waals surface area contributed by atoms with Crippen molar-refractivity contribution in [2.75, 3.05) is 0 Å². The SMILES string of the molecule is Cc1cccc(-c2cc[c]cc2O)c1C. The molecule has 0 aliphatic rings. The molecule has 0 aromatic heterocycles. The van der Waals surface area contributed by atoms with Gasteiger partial charge in [0.25, 0.3) is 0 Å². The first kappa shape index (κ1) is 9.78. The predicted molar refractivity (Wildman–Crippen MR) is 61.9 cm³/mol. The summed E-state index contributed by atoms with van der Waals surface area (Å²) < 4.78 is 0. The van der Waals surface area contributed by atoms with Crippen molar-refractivity contribution in [2.24, 2.45) is 0 Å². The Morgan fingerprint density at radius 3 is 2.60 bits per heavy atom. The number of phenols is 1. The van der Waals surface area contributed by atoms with Crippen LogP contribution in [0.4, 0.5) is 0 Å². The molecule has 0 unspecified atom stereocenters. The standard InChI is InChI=1S/C14H13O/c1-10-6-5-8-12(11(10)2)13-7-3-4-9-14(13)15/h3,5-9,15H,1-2H3. The van der Waals surface area contributed by atoms with E-state index < -0.39 is 0 Å². The largest absolute Gasteiger partial charge is 0.507 e. The fraction of sp³-hybridized carbons (Fsp3) is 0.143. The van der Waals surface area contributed by atoms with Crippen LogP contribution in [-0.2, 0) is 0 Å². The Kier molecular flexibility index (Phi) is 2.46. The van der Waals surface area contributed by atoms with Crippen LogP contribution in [0.1, 0.15) is 11.1 Å². The van der Waals surface area contributed by atoms with Crippen molar-refractivity contribution < 1.29 is 5.11 Å². The van der Waals surface area contributed by atoms with Crippen LogP contribution in [0.15, 0.2) is 36.4 Å². The van der Waals surface area contributed by atoms with E-state index in [0.29, 0.717) is 0 Å². The molecule has 1 heteroatoms. The number of aryl methyl sites for hydroxylation is 1. The topological polar surface area (TPSA) is 20.2 Å². The molecule has 0 aliphatic heterocycles. The Hall–Kier alpha value is -1.76. The van der Waals surface area contributed by atoms with Crippen molar-refractivity contribution in [3.05, 3.63) is 53.6 Å². The summed E-state index contributed by atoms with van der Waals surface area (Å²) in [7, 11) is 0. The summed E-state index contributed by atoms with van der Waals surface area (Å²) in [5.74, 6) is 0.284. The molecule has 75 valence electrons. The third-order valence-corrected chi connectivity index (χ3v) is 2.74. The van der Waals surface area contributed by atoms with Gasteiger partial charge in [0.1, 0.15) is 5.75 Å². The van der Waals surface area contributed by atoms with E-state index in [1.165, 1.54) is 11.1 Å². The van der Waals surface area contributed by atoms with Crippen molar-refractivity contribution >= 4 is 0 Å². The van der Waals surface area contributed by atoms with Gasteiger partial charge in [-0.1, -0.05) is 30.3 Å². The molecule has 0 saturated carbocycles. The molecule has 0 spiro atoms. The minimum Gasteiger partial charge on any atom is -0.507 e. The highest BCUT2D eigenvalue weighted by atomic mass is 16.3. The van der Waals surface area contributed by atoms with Crippen LogP contribution in [0, 0.1) is 19.9 Å². The van der Waals surface area contributed by atoms with E-state index in [1.807, 2.05) is 24.3 Å². The zero-order valence-corrected chi connectivity index (χ0v) is 8.91. The van der Waals surface area contributed by atoms with E-state index in [2.05, 4.69) is 26.0 Å². The lowest BCUT2D eigenvalue weighted by Gasteiger charge is -2.09. The van der Waals surface area contributed by atoms with Gasteiger partial charge >= 0.3 is 0 Å². The summed E-state index contributed by atoms with van der Waals surface area (Å²) in [4.78, 5) is 0. The lowest BCUT2D eigenvalue weighted by Crippen LogP contribution is -1.87. The summed E-state index contributed by atoms with van der Waals surface area (Å²) in [6.07, 6.45) is 0. The lowest BCUT2D eigenvalue weighted by molar-refractivity contribution is 0.477. The molecule has 0 atom stereocenters. The van der Waals surface area contributed by atoms with Crippen molar-refractivity contribution in [3.8, 4) is 16.9 Å². The molecule has 0 amide bonds. The first-order chi connectivity index (χ1) is 7.20. The second-order valence-electron chi connectivity index (χ2n) is 3.69. The quantitative estimate of drug-likeness (QED) is 0.742. The van der Waals surface area contributed by atoms with Gasteiger partial charge in [-0.15, -0.1) is 0 Å². The van der Waals surface area contributed by atoms with Gasteiger partial charge < -0.3 is 5.11 Å². The molecule has 0 saturated heterocycles. The van der Waals surface area contributed by atoms with Crippen LogP contribution >= 0.6 is 0 Å². The van der Waals surface area contributed by atoms with Gasteiger partial charge in [-0.3, -0.25) is 0 Å². The van der Waals surface area contributed by atoms with E-state index in [-0.39, 0.29) is 5.75 Å². The Balaban J connectivity index is 2.65. The number of benzene rings is 2. The molecular formula is C14H13O. The van der Waals surface area contributed by atoms with Gasteiger partial charge in [0.2, 0.25) is 0 Å². The van der Waals surface area contributed by atoms with Gasteiger partial charge in [-0.25, -0.2) is 0 Å². The fourth-order valence-corrected chi connectivity index (χ4v) is 1.69. The van der Waals surface area contributed by atoms with E-state index >= 15 is 0 Å². The summed E-state index contributed by atoms with van der Waals surface area (Å²) in [6, 6.07) is 14.3.